The summed E-state index contributed by atoms with van der Waals surface area (Å²) in [4.78, 5) is 12.4. The molecule has 0 aliphatic rings. The molecule has 138 valence electrons. The summed E-state index contributed by atoms with van der Waals surface area (Å²) in [5, 5.41) is 12.5. The lowest BCUT2D eigenvalue weighted by Gasteiger charge is -2.07. The summed E-state index contributed by atoms with van der Waals surface area (Å²) in [6.45, 7) is 0.439. The first-order chi connectivity index (χ1) is 13.6. The number of carbonyl (C=O) groups excluding carboxylic acids is 1. The van der Waals surface area contributed by atoms with Gasteiger partial charge in [-0.15, -0.1) is 0 Å². The normalized spacial score (nSPS) is 10.8. The Morgan fingerprint density at radius 1 is 1.04 bits per heavy atom. The third kappa shape index (κ3) is 5.47. The number of nitrogens with zero attached hydrogens (tertiary/aromatic N) is 1. The van der Waals surface area contributed by atoms with E-state index in [0.717, 1.165) is 5.56 Å². The van der Waals surface area contributed by atoms with Crippen LogP contribution in [0.5, 0.6) is 5.75 Å². The Bertz CT molecular complexity index is 1040. The van der Waals surface area contributed by atoms with Crippen molar-refractivity contribution in [2.45, 2.75) is 6.61 Å². The maximum absolute atomic E-state index is 12.4. The first kappa shape index (κ1) is 19.2. The minimum Gasteiger partial charge on any atom is -0.489 e. The SMILES string of the molecule is N#C/C(=C\c1cccc(OCc2ccccc2)c1)C(=O)Nc1cccc(Cl)c1. The van der Waals surface area contributed by atoms with Gasteiger partial charge in [-0.1, -0.05) is 60.1 Å². The van der Waals surface area contributed by atoms with Crippen LogP contribution < -0.4 is 10.1 Å². The Hall–Kier alpha value is -3.55. The van der Waals surface area contributed by atoms with Gasteiger partial charge in [-0.25, -0.2) is 0 Å². The quantitative estimate of drug-likeness (QED) is 0.450. The number of halogens is 1. The summed E-state index contributed by atoms with van der Waals surface area (Å²) < 4.78 is 5.79. The Labute approximate surface area is 168 Å². The maximum atomic E-state index is 12.4. The zero-order valence-corrected chi connectivity index (χ0v) is 15.7. The van der Waals surface area contributed by atoms with Gasteiger partial charge in [-0.2, -0.15) is 5.26 Å². The van der Waals surface area contributed by atoms with Gasteiger partial charge >= 0.3 is 0 Å². The van der Waals surface area contributed by atoms with E-state index in [-0.39, 0.29) is 5.57 Å². The first-order valence-electron chi connectivity index (χ1n) is 8.59. The molecule has 28 heavy (non-hydrogen) atoms. The summed E-state index contributed by atoms with van der Waals surface area (Å²) in [6, 6.07) is 25.8. The highest BCUT2D eigenvalue weighted by atomic mass is 35.5. The Morgan fingerprint density at radius 3 is 2.57 bits per heavy atom. The number of carbonyl (C=O) groups is 1. The van der Waals surface area contributed by atoms with Crippen molar-refractivity contribution in [2.75, 3.05) is 5.32 Å². The summed E-state index contributed by atoms with van der Waals surface area (Å²) in [7, 11) is 0. The van der Waals surface area contributed by atoms with Crippen LogP contribution in [-0.2, 0) is 11.4 Å². The predicted molar refractivity (Wildman–Crippen MR) is 111 cm³/mol. The minimum atomic E-state index is -0.500. The lowest BCUT2D eigenvalue weighted by atomic mass is 10.1. The molecule has 0 saturated heterocycles. The zero-order chi connectivity index (χ0) is 19.8. The van der Waals surface area contributed by atoms with Gasteiger partial charge in [0, 0.05) is 10.7 Å². The molecule has 0 radical (unpaired) electrons. The van der Waals surface area contributed by atoms with Gasteiger partial charge in [-0.3, -0.25) is 4.79 Å². The molecule has 1 N–H and O–H groups in total. The molecule has 0 bridgehead atoms. The second-order valence-corrected chi connectivity index (χ2v) is 6.42. The van der Waals surface area contributed by atoms with Crippen molar-refractivity contribution >= 4 is 29.3 Å². The Kier molecular flexibility index (Phi) is 6.46. The molecule has 0 aliphatic carbocycles. The molecule has 3 aromatic carbocycles. The summed E-state index contributed by atoms with van der Waals surface area (Å²) in [5.74, 6) is 0.158. The number of benzene rings is 3. The van der Waals surface area contributed by atoms with Crippen molar-refractivity contribution in [3.8, 4) is 11.8 Å². The molecule has 5 heteroatoms. The summed E-state index contributed by atoms with van der Waals surface area (Å²) in [5.41, 5.74) is 2.27. The van der Waals surface area contributed by atoms with Crippen LogP contribution in [0.1, 0.15) is 11.1 Å². The molecular weight excluding hydrogens is 372 g/mol. The van der Waals surface area contributed by atoms with Gasteiger partial charge in [0.1, 0.15) is 24.0 Å². The van der Waals surface area contributed by atoms with Crippen molar-refractivity contribution < 1.29 is 9.53 Å². The van der Waals surface area contributed by atoms with E-state index in [2.05, 4.69) is 5.32 Å². The number of hydrogen-bond acceptors (Lipinski definition) is 3. The van der Waals surface area contributed by atoms with Crippen LogP contribution in [0, 0.1) is 11.3 Å². The van der Waals surface area contributed by atoms with Crippen molar-refractivity contribution in [3.63, 3.8) is 0 Å². The van der Waals surface area contributed by atoms with E-state index in [9.17, 15) is 10.1 Å². The third-order valence-corrected chi connectivity index (χ3v) is 4.10. The van der Waals surface area contributed by atoms with E-state index >= 15 is 0 Å². The van der Waals surface area contributed by atoms with Crippen LogP contribution in [0.2, 0.25) is 5.02 Å². The second-order valence-electron chi connectivity index (χ2n) is 5.98. The molecule has 0 aliphatic heterocycles. The molecule has 0 spiro atoms. The van der Waals surface area contributed by atoms with Crippen molar-refractivity contribution in [2.24, 2.45) is 0 Å². The summed E-state index contributed by atoms with van der Waals surface area (Å²) in [6.07, 6.45) is 1.52. The molecule has 0 unspecified atom stereocenters. The summed E-state index contributed by atoms with van der Waals surface area (Å²) >= 11 is 5.92. The number of nitriles is 1. The van der Waals surface area contributed by atoms with Crippen molar-refractivity contribution in [3.05, 3.63) is 101 Å². The molecule has 0 fully saturated rings. The molecule has 3 aromatic rings. The standard InChI is InChI=1S/C23H17ClN2O2/c24-20-9-5-10-21(14-20)26-23(27)19(15-25)12-18-8-4-11-22(13-18)28-16-17-6-2-1-3-7-17/h1-14H,16H2,(H,26,27)/b19-12+. The highest BCUT2D eigenvalue weighted by Crippen LogP contribution is 2.19. The van der Waals surface area contributed by atoms with E-state index in [1.807, 2.05) is 48.5 Å². The van der Waals surface area contributed by atoms with Gasteiger partial charge in [0.05, 0.1) is 0 Å². The van der Waals surface area contributed by atoms with Crippen molar-refractivity contribution in [1.29, 1.82) is 5.26 Å². The number of rotatable bonds is 6. The topological polar surface area (TPSA) is 62.1 Å². The van der Waals surface area contributed by atoms with Crippen LogP contribution >= 0.6 is 11.6 Å². The number of amides is 1. The molecule has 4 nitrogen and oxygen atoms in total. The fourth-order valence-electron chi connectivity index (χ4n) is 2.51. The van der Waals surface area contributed by atoms with Crippen LogP contribution in [-0.4, -0.2) is 5.91 Å². The van der Waals surface area contributed by atoms with Crippen molar-refractivity contribution in [1.82, 2.24) is 0 Å². The molecule has 0 saturated carbocycles. The highest BCUT2D eigenvalue weighted by molar-refractivity contribution is 6.31. The Morgan fingerprint density at radius 2 is 1.82 bits per heavy atom. The van der Waals surface area contributed by atoms with Crippen LogP contribution in [0.3, 0.4) is 0 Å². The number of ether oxygens (including phenoxy) is 1. The van der Waals surface area contributed by atoms with Gasteiger partial charge in [0.15, 0.2) is 0 Å². The minimum absolute atomic E-state index is 0.0137. The first-order valence-corrected chi connectivity index (χ1v) is 8.97. The highest BCUT2D eigenvalue weighted by Gasteiger charge is 2.10. The zero-order valence-electron chi connectivity index (χ0n) is 14.9. The second kappa shape index (κ2) is 9.40. The lowest BCUT2D eigenvalue weighted by molar-refractivity contribution is -0.112. The van der Waals surface area contributed by atoms with E-state index in [4.69, 9.17) is 16.3 Å². The third-order valence-electron chi connectivity index (χ3n) is 3.86. The van der Waals surface area contributed by atoms with E-state index in [1.54, 1.807) is 36.4 Å². The predicted octanol–water partition coefficient (Wildman–Crippen LogP) is 5.46. The van der Waals surface area contributed by atoms with Gasteiger partial charge in [0.2, 0.25) is 0 Å². The smallest absolute Gasteiger partial charge is 0.266 e. The van der Waals surface area contributed by atoms with Crippen LogP contribution in [0.4, 0.5) is 5.69 Å². The Balaban J connectivity index is 1.71. The number of hydrogen-bond donors (Lipinski definition) is 1. The molecule has 0 aromatic heterocycles. The molecule has 3 rings (SSSR count). The van der Waals surface area contributed by atoms with E-state index < -0.39 is 5.91 Å². The fourth-order valence-corrected chi connectivity index (χ4v) is 2.71. The van der Waals surface area contributed by atoms with E-state index in [1.165, 1.54) is 6.08 Å². The van der Waals surface area contributed by atoms with Crippen LogP contribution in [0.25, 0.3) is 6.08 Å². The average Bonchev–Trinajstić information content (AvgIpc) is 2.71. The van der Waals surface area contributed by atoms with Gasteiger partial charge in [-0.05, 0) is 47.5 Å². The van der Waals surface area contributed by atoms with Gasteiger partial charge < -0.3 is 10.1 Å². The maximum Gasteiger partial charge on any atom is 0.266 e. The fraction of sp³-hybridized carbons (Fsp3) is 0.0435. The van der Waals surface area contributed by atoms with E-state index in [0.29, 0.717) is 28.6 Å². The monoisotopic (exact) mass is 388 g/mol. The lowest BCUT2D eigenvalue weighted by Crippen LogP contribution is -2.13. The average molecular weight is 389 g/mol. The molecule has 0 atom stereocenters. The molecular formula is C23H17ClN2O2. The number of nitrogens with one attached hydrogen (secondary N) is 1. The molecule has 1 amide bonds. The van der Waals surface area contributed by atoms with Gasteiger partial charge in [0.25, 0.3) is 5.91 Å². The number of anilines is 1. The molecule has 0 heterocycles. The van der Waals surface area contributed by atoms with Crippen LogP contribution in [0.15, 0.2) is 84.4 Å². The largest absolute Gasteiger partial charge is 0.489 e.